The van der Waals surface area contributed by atoms with Crippen LogP contribution in [-0.4, -0.2) is 19.1 Å². The number of aromatic nitrogens is 1. The molecule has 1 aromatic carbocycles. The zero-order chi connectivity index (χ0) is 13.0. The summed E-state index contributed by atoms with van der Waals surface area (Å²) in [5, 5.41) is 3.44. The number of pyridine rings is 1. The lowest BCUT2D eigenvalue weighted by Gasteiger charge is -2.16. The van der Waals surface area contributed by atoms with Crippen molar-refractivity contribution in [3.8, 4) is 0 Å². The number of anilines is 2. The zero-order valence-corrected chi connectivity index (χ0v) is 11.1. The van der Waals surface area contributed by atoms with Crippen LogP contribution >= 0.6 is 0 Å². The van der Waals surface area contributed by atoms with Crippen molar-refractivity contribution < 1.29 is 0 Å². The van der Waals surface area contributed by atoms with E-state index in [1.54, 1.807) is 0 Å². The fourth-order valence-electron chi connectivity index (χ4n) is 1.81. The Hall–Kier alpha value is -2.03. The molecule has 18 heavy (non-hydrogen) atoms. The number of hydrogen-bond acceptors (Lipinski definition) is 3. The van der Waals surface area contributed by atoms with Crippen LogP contribution in [0.1, 0.15) is 18.7 Å². The van der Waals surface area contributed by atoms with Crippen molar-refractivity contribution in [1.29, 1.82) is 0 Å². The minimum Gasteiger partial charge on any atom is -0.378 e. The predicted molar refractivity (Wildman–Crippen MR) is 77.0 cm³/mol. The van der Waals surface area contributed by atoms with Gasteiger partial charge in [0.05, 0.1) is 11.7 Å². The van der Waals surface area contributed by atoms with E-state index in [-0.39, 0.29) is 6.04 Å². The van der Waals surface area contributed by atoms with Gasteiger partial charge in [-0.1, -0.05) is 6.07 Å². The number of rotatable bonds is 4. The Morgan fingerprint density at radius 3 is 2.33 bits per heavy atom. The highest BCUT2D eigenvalue weighted by atomic mass is 15.1. The zero-order valence-electron chi connectivity index (χ0n) is 11.1. The summed E-state index contributed by atoms with van der Waals surface area (Å²) in [6.45, 7) is 2.11. The lowest BCUT2D eigenvalue weighted by Crippen LogP contribution is -2.10. The van der Waals surface area contributed by atoms with E-state index in [4.69, 9.17) is 0 Å². The van der Waals surface area contributed by atoms with Gasteiger partial charge in [0, 0.05) is 31.7 Å². The average Bonchev–Trinajstić information content (AvgIpc) is 2.40. The van der Waals surface area contributed by atoms with E-state index in [0.717, 1.165) is 11.4 Å². The third-order valence-electron chi connectivity index (χ3n) is 2.90. The van der Waals surface area contributed by atoms with Gasteiger partial charge < -0.3 is 10.2 Å². The molecule has 1 unspecified atom stereocenters. The molecule has 3 nitrogen and oxygen atoms in total. The van der Waals surface area contributed by atoms with Gasteiger partial charge in [0.15, 0.2) is 0 Å². The molecule has 0 saturated heterocycles. The molecule has 0 aliphatic rings. The van der Waals surface area contributed by atoms with E-state index in [1.807, 2.05) is 38.5 Å². The summed E-state index contributed by atoms with van der Waals surface area (Å²) >= 11 is 0. The van der Waals surface area contributed by atoms with Gasteiger partial charge in [0.1, 0.15) is 0 Å². The van der Waals surface area contributed by atoms with E-state index in [1.165, 1.54) is 5.69 Å². The van der Waals surface area contributed by atoms with Crippen LogP contribution in [0.15, 0.2) is 48.7 Å². The van der Waals surface area contributed by atoms with Crippen molar-refractivity contribution in [2.24, 2.45) is 0 Å². The van der Waals surface area contributed by atoms with Gasteiger partial charge in [-0.05, 0) is 43.3 Å². The maximum absolute atomic E-state index is 4.35. The van der Waals surface area contributed by atoms with Crippen LogP contribution in [0.25, 0.3) is 0 Å². The van der Waals surface area contributed by atoms with Crippen LogP contribution in [0.3, 0.4) is 0 Å². The highest BCUT2D eigenvalue weighted by Gasteiger charge is 2.05. The molecule has 0 saturated carbocycles. The Morgan fingerprint density at radius 2 is 1.78 bits per heavy atom. The number of hydrogen-bond donors (Lipinski definition) is 1. The molecule has 1 N–H and O–H groups in total. The first kappa shape index (κ1) is 12.4. The molecule has 3 heteroatoms. The maximum Gasteiger partial charge on any atom is 0.0657 e. The molecule has 1 aromatic heterocycles. The van der Waals surface area contributed by atoms with E-state index in [0.29, 0.717) is 0 Å². The molecule has 0 aliphatic carbocycles. The lowest BCUT2D eigenvalue weighted by molar-refractivity contribution is 0.839. The second kappa shape index (κ2) is 5.54. The standard InChI is InChI=1S/C15H19N3/c1-12(15-6-4-5-11-16-15)17-13-7-9-14(10-8-13)18(2)3/h4-12,17H,1-3H3. The summed E-state index contributed by atoms with van der Waals surface area (Å²) < 4.78 is 0. The lowest BCUT2D eigenvalue weighted by atomic mass is 10.2. The molecule has 0 spiro atoms. The first-order chi connectivity index (χ1) is 8.66. The largest absolute Gasteiger partial charge is 0.378 e. The highest BCUT2D eigenvalue weighted by Crippen LogP contribution is 2.20. The van der Waals surface area contributed by atoms with Gasteiger partial charge in [-0.25, -0.2) is 0 Å². The van der Waals surface area contributed by atoms with Crippen molar-refractivity contribution in [2.45, 2.75) is 13.0 Å². The molecule has 1 heterocycles. The van der Waals surface area contributed by atoms with Gasteiger partial charge >= 0.3 is 0 Å². The van der Waals surface area contributed by atoms with Gasteiger partial charge in [-0.15, -0.1) is 0 Å². The second-order valence-corrected chi connectivity index (χ2v) is 4.56. The molecule has 0 aliphatic heterocycles. The topological polar surface area (TPSA) is 28.2 Å². The third-order valence-corrected chi connectivity index (χ3v) is 2.90. The summed E-state index contributed by atoms with van der Waals surface area (Å²) in [7, 11) is 4.08. The quantitative estimate of drug-likeness (QED) is 0.890. The Labute approximate surface area is 108 Å². The average molecular weight is 241 g/mol. The number of nitrogens with one attached hydrogen (secondary N) is 1. The number of nitrogens with zero attached hydrogens (tertiary/aromatic N) is 2. The molecule has 1 atom stereocenters. The van der Waals surface area contributed by atoms with Crippen molar-refractivity contribution in [2.75, 3.05) is 24.3 Å². The van der Waals surface area contributed by atoms with Gasteiger partial charge in [-0.2, -0.15) is 0 Å². The maximum atomic E-state index is 4.35. The fraction of sp³-hybridized carbons (Fsp3) is 0.267. The van der Waals surface area contributed by atoms with E-state index in [9.17, 15) is 0 Å². The summed E-state index contributed by atoms with van der Waals surface area (Å²) in [5.74, 6) is 0. The van der Waals surface area contributed by atoms with E-state index in [2.05, 4.69) is 46.4 Å². The van der Waals surface area contributed by atoms with Crippen molar-refractivity contribution in [1.82, 2.24) is 4.98 Å². The molecular formula is C15H19N3. The van der Waals surface area contributed by atoms with E-state index < -0.39 is 0 Å². The van der Waals surface area contributed by atoms with Crippen LogP contribution in [0, 0.1) is 0 Å². The molecule has 0 bridgehead atoms. The molecule has 0 amide bonds. The summed E-state index contributed by atoms with van der Waals surface area (Å²) in [5.41, 5.74) is 3.36. The first-order valence-electron chi connectivity index (χ1n) is 6.11. The smallest absolute Gasteiger partial charge is 0.0657 e. The number of benzene rings is 1. The SMILES string of the molecule is CC(Nc1ccc(N(C)C)cc1)c1ccccn1. The van der Waals surface area contributed by atoms with Crippen LogP contribution in [0.5, 0.6) is 0 Å². The molecule has 94 valence electrons. The van der Waals surface area contributed by atoms with Crippen LogP contribution in [0.2, 0.25) is 0 Å². The fourth-order valence-corrected chi connectivity index (χ4v) is 1.81. The Kier molecular flexibility index (Phi) is 3.82. The normalized spacial score (nSPS) is 11.9. The molecular weight excluding hydrogens is 222 g/mol. The monoisotopic (exact) mass is 241 g/mol. The predicted octanol–water partition coefficient (Wildman–Crippen LogP) is 3.32. The minimum atomic E-state index is 0.205. The van der Waals surface area contributed by atoms with Crippen LogP contribution in [0.4, 0.5) is 11.4 Å². The molecule has 0 radical (unpaired) electrons. The van der Waals surface area contributed by atoms with Gasteiger partial charge in [0.2, 0.25) is 0 Å². The molecule has 0 fully saturated rings. The third kappa shape index (κ3) is 3.00. The summed E-state index contributed by atoms with van der Waals surface area (Å²) in [4.78, 5) is 6.44. The van der Waals surface area contributed by atoms with Crippen LogP contribution < -0.4 is 10.2 Å². The van der Waals surface area contributed by atoms with Crippen molar-refractivity contribution >= 4 is 11.4 Å². The van der Waals surface area contributed by atoms with Crippen molar-refractivity contribution in [3.05, 3.63) is 54.4 Å². The summed E-state index contributed by atoms with van der Waals surface area (Å²) in [6.07, 6.45) is 1.82. The Balaban J connectivity index is 2.05. The minimum absolute atomic E-state index is 0.205. The Bertz CT molecular complexity index is 477. The summed E-state index contributed by atoms with van der Waals surface area (Å²) in [6, 6.07) is 14.6. The highest BCUT2D eigenvalue weighted by molar-refractivity contribution is 5.54. The van der Waals surface area contributed by atoms with Gasteiger partial charge in [0.25, 0.3) is 0 Å². The molecule has 2 rings (SSSR count). The van der Waals surface area contributed by atoms with E-state index >= 15 is 0 Å². The van der Waals surface area contributed by atoms with Gasteiger partial charge in [-0.3, -0.25) is 4.98 Å². The molecule has 2 aromatic rings. The Morgan fingerprint density at radius 1 is 1.06 bits per heavy atom. The second-order valence-electron chi connectivity index (χ2n) is 4.56. The van der Waals surface area contributed by atoms with Crippen molar-refractivity contribution in [3.63, 3.8) is 0 Å². The first-order valence-corrected chi connectivity index (χ1v) is 6.11. The van der Waals surface area contributed by atoms with Crippen LogP contribution in [-0.2, 0) is 0 Å².